The van der Waals surface area contributed by atoms with E-state index >= 15 is 0 Å². The first-order valence-corrected chi connectivity index (χ1v) is 3.41. The minimum Gasteiger partial charge on any atom is -0.366 e. The summed E-state index contributed by atoms with van der Waals surface area (Å²) in [6.45, 7) is 0. The molecule has 0 saturated carbocycles. The summed E-state index contributed by atoms with van der Waals surface area (Å²) < 4.78 is 0.692. The molecule has 0 atom stereocenters. The highest BCUT2D eigenvalue weighted by Gasteiger charge is 1.97. The van der Waals surface area contributed by atoms with Gasteiger partial charge in [-0.15, -0.1) is 0 Å². The zero-order valence-corrected chi connectivity index (χ0v) is 6.63. The molecular weight excluding hydrogens is 196 g/mol. The van der Waals surface area contributed by atoms with Gasteiger partial charge in [0.25, 0.3) is 0 Å². The Labute approximate surface area is 66.4 Å². The van der Waals surface area contributed by atoms with E-state index in [1.54, 1.807) is 12.1 Å². The molecule has 0 fully saturated rings. The predicted molar refractivity (Wildman–Crippen MR) is 40.5 cm³/mol. The van der Waals surface area contributed by atoms with Gasteiger partial charge in [-0.2, -0.15) is 0 Å². The van der Waals surface area contributed by atoms with Crippen LogP contribution in [0.15, 0.2) is 22.9 Å². The third kappa shape index (κ3) is 1.54. The zero-order chi connectivity index (χ0) is 7.56. The minimum atomic E-state index is -0.458. The number of hydrogen-bond acceptors (Lipinski definition) is 2. The second-order valence-electron chi connectivity index (χ2n) is 1.73. The number of carbonyl (C=O) groups is 1. The fraction of sp³-hybridized carbons (Fsp3) is 0. The van der Waals surface area contributed by atoms with Crippen LogP contribution in [-0.2, 0) is 0 Å². The van der Waals surface area contributed by atoms with E-state index in [4.69, 9.17) is 5.73 Å². The van der Waals surface area contributed by atoms with Gasteiger partial charge in [-0.3, -0.25) is 4.79 Å². The molecule has 0 radical (unpaired) electrons. The fourth-order valence-corrected chi connectivity index (χ4v) is 0.756. The first-order chi connectivity index (χ1) is 4.70. The number of carbonyl (C=O) groups excluding carboxylic acids is 1. The summed E-state index contributed by atoms with van der Waals surface area (Å²) in [6.07, 6.45) is 1.42. The molecule has 10 heavy (non-hydrogen) atoms. The van der Waals surface area contributed by atoms with Gasteiger partial charge < -0.3 is 5.73 Å². The smallest absolute Gasteiger partial charge is 0.250 e. The first kappa shape index (κ1) is 7.21. The lowest BCUT2D eigenvalue weighted by Gasteiger charge is -1.92. The number of primary amides is 1. The number of amides is 1. The van der Waals surface area contributed by atoms with Crippen LogP contribution in [0.2, 0.25) is 0 Å². The summed E-state index contributed by atoms with van der Waals surface area (Å²) in [5, 5.41) is 0. The monoisotopic (exact) mass is 200 g/mol. The molecular formula is C6H5BrN2O. The third-order valence-corrected chi connectivity index (χ3v) is 1.48. The van der Waals surface area contributed by atoms with E-state index < -0.39 is 5.91 Å². The molecule has 0 aromatic carbocycles. The maximum atomic E-state index is 10.5. The highest BCUT2D eigenvalue weighted by Crippen LogP contribution is 2.04. The summed E-state index contributed by atoms with van der Waals surface area (Å²) in [6, 6.07) is 3.28. The van der Waals surface area contributed by atoms with E-state index in [1.165, 1.54) is 6.20 Å². The van der Waals surface area contributed by atoms with Crippen LogP contribution in [0.4, 0.5) is 0 Å². The number of pyridine rings is 1. The molecule has 4 heteroatoms. The molecule has 1 heterocycles. The van der Waals surface area contributed by atoms with E-state index in [1.807, 2.05) is 0 Å². The number of hydrogen-bond donors (Lipinski definition) is 1. The average Bonchev–Trinajstić information content (AvgIpc) is 1.88. The van der Waals surface area contributed by atoms with E-state index in [0.717, 1.165) is 0 Å². The van der Waals surface area contributed by atoms with Gasteiger partial charge in [0.15, 0.2) is 0 Å². The molecule has 1 amide bonds. The van der Waals surface area contributed by atoms with E-state index in [2.05, 4.69) is 20.9 Å². The molecule has 52 valence electrons. The van der Waals surface area contributed by atoms with Gasteiger partial charge in [0, 0.05) is 6.20 Å². The Morgan fingerprint density at radius 1 is 1.60 bits per heavy atom. The Bertz CT molecular complexity index is 244. The van der Waals surface area contributed by atoms with Crippen molar-refractivity contribution in [1.82, 2.24) is 4.98 Å². The number of aromatic nitrogens is 1. The number of nitrogens with zero attached hydrogens (tertiary/aromatic N) is 1. The normalized spacial score (nSPS) is 9.30. The highest BCUT2D eigenvalue weighted by atomic mass is 79.9. The summed E-state index contributed by atoms with van der Waals surface area (Å²) in [4.78, 5) is 14.3. The zero-order valence-electron chi connectivity index (χ0n) is 5.04. The second kappa shape index (κ2) is 2.79. The lowest BCUT2D eigenvalue weighted by molar-refractivity contribution is 0.1000. The van der Waals surface area contributed by atoms with Crippen LogP contribution in [0.1, 0.15) is 10.4 Å². The summed E-state index contributed by atoms with van der Waals surface area (Å²) in [5.41, 5.74) is 5.39. The van der Waals surface area contributed by atoms with Crippen molar-refractivity contribution in [3.8, 4) is 0 Å². The Kier molecular flexibility index (Phi) is 2.01. The van der Waals surface area contributed by atoms with Crippen molar-refractivity contribution < 1.29 is 4.79 Å². The number of halogens is 1. The lowest BCUT2D eigenvalue weighted by Crippen LogP contribution is -2.10. The van der Waals surface area contributed by atoms with Crippen molar-refractivity contribution in [2.75, 3.05) is 0 Å². The van der Waals surface area contributed by atoms with E-state index in [0.29, 0.717) is 10.2 Å². The van der Waals surface area contributed by atoms with E-state index in [9.17, 15) is 4.79 Å². The maximum Gasteiger partial charge on any atom is 0.250 e. The number of nitrogens with two attached hydrogens (primary N) is 1. The van der Waals surface area contributed by atoms with Gasteiger partial charge >= 0.3 is 0 Å². The Morgan fingerprint density at radius 2 is 2.30 bits per heavy atom. The second-order valence-corrected chi connectivity index (χ2v) is 2.55. The van der Waals surface area contributed by atoms with Gasteiger partial charge in [0.2, 0.25) is 5.91 Å². The van der Waals surface area contributed by atoms with Crippen LogP contribution in [0.25, 0.3) is 0 Å². The topological polar surface area (TPSA) is 56.0 Å². The molecule has 3 nitrogen and oxygen atoms in total. The lowest BCUT2D eigenvalue weighted by atomic mass is 10.3. The van der Waals surface area contributed by atoms with Crippen molar-refractivity contribution >= 4 is 21.8 Å². The van der Waals surface area contributed by atoms with Crippen LogP contribution in [0, 0.1) is 0 Å². The molecule has 0 unspecified atom stereocenters. The molecule has 0 aliphatic heterocycles. The van der Waals surface area contributed by atoms with Crippen molar-refractivity contribution in [3.05, 3.63) is 28.5 Å². The molecule has 1 rings (SSSR count). The number of rotatable bonds is 1. The molecule has 0 aliphatic carbocycles. The van der Waals surface area contributed by atoms with Crippen molar-refractivity contribution in [3.63, 3.8) is 0 Å². The minimum absolute atomic E-state index is 0.420. The highest BCUT2D eigenvalue weighted by molar-refractivity contribution is 9.10. The van der Waals surface area contributed by atoms with Gasteiger partial charge in [-0.05, 0) is 28.1 Å². The molecule has 0 aliphatic rings. The Hall–Kier alpha value is -0.900. The fourth-order valence-electron chi connectivity index (χ4n) is 0.522. The maximum absolute atomic E-state index is 10.5. The van der Waals surface area contributed by atoms with Crippen molar-refractivity contribution in [2.24, 2.45) is 5.73 Å². The van der Waals surface area contributed by atoms with Gasteiger partial charge in [-0.25, -0.2) is 4.98 Å². The standard InChI is InChI=1S/C6H5BrN2O/c7-5-2-1-4(3-9-5)6(8)10/h1-3H,(H2,8,10). The van der Waals surface area contributed by atoms with Crippen LogP contribution in [-0.4, -0.2) is 10.9 Å². The van der Waals surface area contributed by atoms with E-state index in [-0.39, 0.29) is 0 Å². The molecule has 2 N–H and O–H groups in total. The summed E-state index contributed by atoms with van der Waals surface area (Å²) in [7, 11) is 0. The molecule has 0 spiro atoms. The van der Waals surface area contributed by atoms with Gasteiger partial charge in [0.1, 0.15) is 4.60 Å². The average molecular weight is 201 g/mol. The Morgan fingerprint density at radius 3 is 2.70 bits per heavy atom. The van der Waals surface area contributed by atoms with Crippen LogP contribution in [0.5, 0.6) is 0 Å². The summed E-state index contributed by atoms with van der Waals surface area (Å²) >= 11 is 3.13. The van der Waals surface area contributed by atoms with Gasteiger partial charge in [0.05, 0.1) is 5.56 Å². The van der Waals surface area contributed by atoms with Crippen LogP contribution in [0.3, 0.4) is 0 Å². The summed E-state index contributed by atoms with van der Waals surface area (Å²) in [5.74, 6) is -0.458. The first-order valence-electron chi connectivity index (χ1n) is 2.61. The van der Waals surface area contributed by atoms with Gasteiger partial charge in [-0.1, -0.05) is 0 Å². The third-order valence-electron chi connectivity index (χ3n) is 1.01. The van der Waals surface area contributed by atoms with Crippen LogP contribution < -0.4 is 5.73 Å². The molecule has 0 saturated heterocycles. The van der Waals surface area contributed by atoms with Crippen molar-refractivity contribution in [2.45, 2.75) is 0 Å². The van der Waals surface area contributed by atoms with Crippen LogP contribution >= 0.6 is 15.9 Å². The SMILES string of the molecule is NC(=O)c1ccc(Br)nc1. The predicted octanol–water partition coefficient (Wildman–Crippen LogP) is 0.943. The quantitative estimate of drug-likeness (QED) is 0.687. The Balaban J connectivity index is 3.00. The molecule has 0 bridgehead atoms. The molecule has 1 aromatic heterocycles. The molecule has 1 aromatic rings. The van der Waals surface area contributed by atoms with Crippen molar-refractivity contribution in [1.29, 1.82) is 0 Å². The largest absolute Gasteiger partial charge is 0.366 e.